The molecule has 0 spiro atoms. The Balaban J connectivity index is 2.60. The highest BCUT2D eigenvalue weighted by Gasteiger charge is 2.41. The van der Waals surface area contributed by atoms with Gasteiger partial charge in [0, 0.05) is 19.1 Å². The summed E-state index contributed by atoms with van der Waals surface area (Å²) in [4.78, 5) is 23.8. The van der Waals surface area contributed by atoms with Crippen molar-refractivity contribution in [3.63, 3.8) is 0 Å². The van der Waals surface area contributed by atoms with Crippen molar-refractivity contribution in [3.05, 3.63) is 0 Å². The van der Waals surface area contributed by atoms with Crippen LogP contribution in [-0.2, 0) is 9.59 Å². The minimum atomic E-state index is -0.525. The molecule has 0 aromatic heterocycles. The largest absolute Gasteiger partial charge is 0.351 e. The molecule has 1 aliphatic rings. The van der Waals surface area contributed by atoms with Gasteiger partial charge in [-0.2, -0.15) is 0 Å². The smallest absolute Gasteiger partial charge is 0.312 e. The van der Waals surface area contributed by atoms with E-state index in [0.29, 0.717) is 6.54 Å². The SMILES string of the molecule is CNC(=O)C(=O)N1CCC1(C)C. The molecule has 1 N–H and O–H groups in total. The highest BCUT2D eigenvalue weighted by Crippen LogP contribution is 2.28. The lowest BCUT2D eigenvalue weighted by molar-refractivity contribution is -0.155. The molecule has 1 saturated heterocycles. The number of carbonyl (C=O) groups is 2. The summed E-state index contributed by atoms with van der Waals surface area (Å²) in [6.07, 6.45) is 0.968. The summed E-state index contributed by atoms with van der Waals surface area (Å²) < 4.78 is 0. The number of likely N-dealkylation sites (N-methyl/N-ethyl adjacent to an activating group) is 1. The second-order valence-corrected chi connectivity index (χ2v) is 3.60. The van der Waals surface area contributed by atoms with Crippen LogP contribution in [0.3, 0.4) is 0 Å². The second-order valence-electron chi connectivity index (χ2n) is 3.60. The monoisotopic (exact) mass is 170 g/mol. The summed E-state index contributed by atoms with van der Waals surface area (Å²) >= 11 is 0. The zero-order valence-corrected chi connectivity index (χ0v) is 7.68. The molecule has 0 atom stereocenters. The molecule has 1 aliphatic heterocycles. The van der Waals surface area contributed by atoms with E-state index in [2.05, 4.69) is 5.32 Å². The fourth-order valence-electron chi connectivity index (χ4n) is 1.28. The van der Waals surface area contributed by atoms with Crippen LogP contribution < -0.4 is 5.32 Å². The van der Waals surface area contributed by atoms with Gasteiger partial charge in [0.2, 0.25) is 0 Å². The van der Waals surface area contributed by atoms with Crippen LogP contribution >= 0.6 is 0 Å². The number of carbonyl (C=O) groups excluding carboxylic acids is 2. The van der Waals surface area contributed by atoms with Crippen LogP contribution in [0.5, 0.6) is 0 Å². The van der Waals surface area contributed by atoms with Gasteiger partial charge >= 0.3 is 11.8 Å². The van der Waals surface area contributed by atoms with Gasteiger partial charge in [-0.05, 0) is 20.3 Å². The standard InChI is InChI=1S/C8H14N2O2/c1-8(2)4-5-10(8)7(12)6(11)9-3/h4-5H2,1-3H3,(H,9,11). The maximum atomic E-state index is 11.3. The van der Waals surface area contributed by atoms with Crippen LogP contribution in [0.2, 0.25) is 0 Å². The fraction of sp³-hybridized carbons (Fsp3) is 0.750. The Morgan fingerprint density at radius 1 is 1.42 bits per heavy atom. The third kappa shape index (κ3) is 1.29. The normalized spacial score (nSPS) is 19.8. The number of nitrogens with one attached hydrogen (secondary N) is 1. The summed E-state index contributed by atoms with van der Waals surface area (Å²) in [5.41, 5.74) is -0.135. The first-order valence-corrected chi connectivity index (χ1v) is 4.03. The second kappa shape index (κ2) is 2.77. The highest BCUT2D eigenvalue weighted by molar-refractivity contribution is 6.35. The average Bonchev–Trinajstić information content (AvgIpc) is 2.01. The van der Waals surface area contributed by atoms with Crippen molar-refractivity contribution in [2.75, 3.05) is 13.6 Å². The summed E-state index contributed by atoms with van der Waals surface area (Å²) in [7, 11) is 1.47. The average molecular weight is 170 g/mol. The number of hydrogen-bond donors (Lipinski definition) is 1. The zero-order chi connectivity index (χ0) is 9.35. The Kier molecular flexibility index (Phi) is 2.08. The minimum absolute atomic E-state index is 0.135. The van der Waals surface area contributed by atoms with Gasteiger partial charge in [-0.1, -0.05) is 0 Å². The third-order valence-corrected chi connectivity index (χ3v) is 2.34. The van der Waals surface area contributed by atoms with Crippen molar-refractivity contribution in [1.82, 2.24) is 10.2 Å². The number of rotatable bonds is 0. The van der Waals surface area contributed by atoms with Gasteiger partial charge in [0.05, 0.1) is 0 Å². The molecule has 1 rings (SSSR count). The van der Waals surface area contributed by atoms with E-state index in [1.807, 2.05) is 13.8 Å². The fourth-order valence-corrected chi connectivity index (χ4v) is 1.28. The Labute approximate surface area is 71.9 Å². The van der Waals surface area contributed by atoms with E-state index >= 15 is 0 Å². The van der Waals surface area contributed by atoms with Crippen molar-refractivity contribution >= 4 is 11.8 Å². The van der Waals surface area contributed by atoms with Gasteiger partial charge in [0.15, 0.2) is 0 Å². The molecule has 0 aromatic carbocycles. The first-order chi connectivity index (χ1) is 5.49. The molecular formula is C8H14N2O2. The highest BCUT2D eigenvalue weighted by atomic mass is 16.2. The third-order valence-electron chi connectivity index (χ3n) is 2.34. The predicted molar refractivity (Wildman–Crippen MR) is 44.5 cm³/mol. The van der Waals surface area contributed by atoms with E-state index in [4.69, 9.17) is 0 Å². The van der Waals surface area contributed by atoms with E-state index in [-0.39, 0.29) is 5.54 Å². The number of nitrogens with zero attached hydrogens (tertiary/aromatic N) is 1. The zero-order valence-electron chi connectivity index (χ0n) is 7.68. The van der Waals surface area contributed by atoms with E-state index in [0.717, 1.165) is 6.42 Å². The van der Waals surface area contributed by atoms with Crippen LogP contribution in [0.1, 0.15) is 20.3 Å². The molecule has 4 heteroatoms. The number of hydrogen-bond acceptors (Lipinski definition) is 2. The predicted octanol–water partition coefficient (Wildman–Crippen LogP) is -0.257. The van der Waals surface area contributed by atoms with Crippen LogP contribution in [-0.4, -0.2) is 35.8 Å². The molecule has 0 radical (unpaired) electrons. The molecule has 0 aromatic rings. The van der Waals surface area contributed by atoms with Gasteiger partial charge in [-0.3, -0.25) is 9.59 Å². The first kappa shape index (κ1) is 9.03. The molecule has 1 heterocycles. The van der Waals surface area contributed by atoms with Crippen LogP contribution in [0.25, 0.3) is 0 Å². The van der Waals surface area contributed by atoms with Crippen molar-refractivity contribution in [2.45, 2.75) is 25.8 Å². The van der Waals surface area contributed by atoms with E-state index in [1.54, 1.807) is 4.90 Å². The summed E-state index contributed by atoms with van der Waals surface area (Å²) in [5.74, 6) is -0.948. The molecule has 2 amide bonds. The lowest BCUT2D eigenvalue weighted by Gasteiger charge is -2.47. The topological polar surface area (TPSA) is 49.4 Å². The molecule has 0 unspecified atom stereocenters. The molecule has 0 saturated carbocycles. The summed E-state index contributed by atoms with van der Waals surface area (Å²) in [5, 5.41) is 2.32. The summed E-state index contributed by atoms with van der Waals surface area (Å²) in [6.45, 7) is 4.61. The summed E-state index contributed by atoms with van der Waals surface area (Å²) in [6, 6.07) is 0. The van der Waals surface area contributed by atoms with Gasteiger partial charge in [-0.25, -0.2) is 0 Å². The molecular weight excluding hydrogens is 156 g/mol. The van der Waals surface area contributed by atoms with Crippen LogP contribution in [0.15, 0.2) is 0 Å². The maximum absolute atomic E-state index is 11.3. The quantitative estimate of drug-likeness (QED) is 0.509. The molecule has 0 bridgehead atoms. The Morgan fingerprint density at radius 3 is 2.25 bits per heavy atom. The van der Waals surface area contributed by atoms with Crippen LogP contribution in [0.4, 0.5) is 0 Å². The molecule has 12 heavy (non-hydrogen) atoms. The van der Waals surface area contributed by atoms with Gasteiger partial charge in [0.1, 0.15) is 0 Å². The van der Waals surface area contributed by atoms with Gasteiger partial charge < -0.3 is 10.2 Å². The van der Waals surface area contributed by atoms with Crippen molar-refractivity contribution in [3.8, 4) is 0 Å². The van der Waals surface area contributed by atoms with Gasteiger partial charge in [-0.15, -0.1) is 0 Å². The minimum Gasteiger partial charge on any atom is -0.351 e. The first-order valence-electron chi connectivity index (χ1n) is 4.03. The molecule has 1 fully saturated rings. The Bertz CT molecular complexity index is 223. The van der Waals surface area contributed by atoms with Crippen molar-refractivity contribution in [1.29, 1.82) is 0 Å². The van der Waals surface area contributed by atoms with E-state index < -0.39 is 11.8 Å². The molecule has 0 aliphatic carbocycles. The van der Waals surface area contributed by atoms with Crippen molar-refractivity contribution < 1.29 is 9.59 Å². The lowest BCUT2D eigenvalue weighted by atomic mass is 9.89. The molecule has 68 valence electrons. The Hall–Kier alpha value is -1.06. The van der Waals surface area contributed by atoms with Crippen LogP contribution in [0, 0.1) is 0 Å². The number of amides is 2. The lowest BCUT2D eigenvalue weighted by Crippen LogP contribution is -2.61. The molecule has 4 nitrogen and oxygen atoms in total. The van der Waals surface area contributed by atoms with Crippen molar-refractivity contribution in [2.24, 2.45) is 0 Å². The number of likely N-dealkylation sites (tertiary alicyclic amines) is 1. The van der Waals surface area contributed by atoms with E-state index in [9.17, 15) is 9.59 Å². The Morgan fingerprint density at radius 2 is 2.00 bits per heavy atom. The maximum Gasteiger partial charge on any atom is 0.312 e. The van der Waals surface area contributed by atoms with Gasteiger partial charge in [0.25, 0.3) is 0 Å². The van der Waals surface area contributed by atoms with E-state index in [1.165, 1.54) is 7.05 Å².